The molecule has 0 aromatic rings. The minimum atomic E-state index is -4.21. The van der Waals surface area contributed by atoms with E-state index in [1.165, 1.54) is 0 Å². The molecule has 0 radical (unpaired) electrons. The zero-order chi connectivity index (χ0) is 12.4. The maximum absolute atomic E-state index is 11.8. The van der Waals surface area contributed by atoms with Crippen molar-refractivity contribution in [3.05, 3.63) is 0 Å². The van der Waals surface area contributed by atoms with Crippen molar-refractivity contribution >= 4 is 9.84 Å². The summed E-state index contributed by atoms with van der Waals surface area (Å²) in [5, 5.41) is 2.31. The lowest BCUT2D eigenvalue weighted by Gasteiger charge is -2.18. The van der Waals surface area contributed by atoms with Crippen molar-refractivity contribution in [2.75, 3.05) is 24.6 Å². The Kier molecular flexibility index (Phi) is 4.23. The molecule has 1 saturated heterocycles. The highest BCUT2D eigenvalue weighted by Crippen LogP contribution is 2.25. The van der Waals surface area contributed by atoms with Crippen LogP contribution >= 0.6 is 0 Å². The number of hydrogen-bond donors (Lipinski definition) is 1. The smallest absolute Gasteiger partial charge is 0.308 e. The highest BCUT2D eigenvalue weighted by molar-refractivity contribution is 7.91. The van der Waals surface area contributed by atoms with Gasteiger partial charge in [-0.25, -0.2) is 8.42 Å². The topological polar surface area (TPSA) is 46.2 Å². The Morgan fingerprint density at radius 3 is 2.50 bits per heavy atom. The normalized spacial score (nSPS) is 26.9. The van der Waals surface area contributed by atoms with Crippen LogP contribution in [-0.4, -0.2) is 39.2 Å². The first-order valence-corrected chi connectivity index (χ1v) is 7.00. The van der Waals surface area contributed by atoms with Gasteiger partial charge in [-0.15, -0.1) is 0 Å². The first-order chi connectivity index (χ1) is 7.20. The zero-order valence-corrected chi connectivity index (χ0v) is 9.87. The molecule has 1 heterocycles. The molecule has 0 saturated carbocycles. The lowest BCUT2D eigenvalue weighted by molar-refractivity contribution is -0.125. The molecule has 96 valence electrons. The quantitative estimate of drug-likeness (QED) is 0.825. The van der Waals surface area contributed by atoms with Crippen molar-refractivity contribution in [2.45, 2.75) is 19.5 Å². The van der Waals surface area contributed by atoms with Crippen LogP contribution < -0.4 is 5.32 Å². The predicted molar refractivity (Wildman–Crippen MR) is 54.8 cm³/mol. The minimum Gasteiger partial charge on any atom is -0.308 e. The Morgan fingerprint density at radius 2 is 2.06 bits per heavy atom. The van der Waals surface area contributed by atoms with Gasteiger partial charge in [0, 0.05) is 0 Å². The molecular formula is C9H16F3NO2S. The summed E-state index contributed by atoms with van der Waals surface area (Å²) in [6.45, 7) is 0.978. The predicted octanol–water partition coefficient (Wildman–Crippen LogP) is 1.21. The van der Waals surface area contributed by atoms with Gasteiger partial charge in [-0.05, 0) is 24.8 Å². The molecule has 0 bridgehead atoms. The second-order valence-corrected chi connectivity index (χ2v) is 6.62. The molecule has 3 nitrogen and oxygen atoms in total. The Balaban J connectivity index is 2.29. The molecule has 0 amide bonds. The highest BCUT2D eigenvalue weighted by Gasteiger charge is 2.32. The van der Waals surface area contributed by atoms with Crippen LogP contribution in [0.1, 0.15) is 13.3 Å². The number of halogens is 3. The van der Waals surface area contributed by atoms with Crippen LogP contribution in [0.5, 0.6) is 0 Å². The fraction of sp³-hybridized carbons (Fsp3) is 1.00. The van der Waals surface area contributed by atoms with Gasteiger partial charge in [-0.1, -0.05) is 6.92 Å². The minimum absolute atomic E-state index is 0.00858. The van der Waals surface area contributed by atoms with Gasteiger partial charge in [0.1, 0.15) is 0 Å². The molecule has 2 atom stereocenters. The Bertz CT molecular complexity index is 326. The van der Waals surface area contributed by atoms with Gasteiger partial charge in [0.25, 0.3) is 0 Å². The Labute approximate surface area is 93.3 Å². The van der Waals surface area contributed by atoms with Crippen LogP contribution in [0.25, 0.3) is 0 Å². The van der Waals surface area contributed by atoms with Gasteiger partial charge in [0.05, 0.1) is 18.1 Å². The van der Waals surface area contributed by atoms with E-state index in [4.69, 9.17) is 0 Å². The Hall–Kier alpha value is -0.300. The molecule has 16 heavy (non-hydrogen) atoms. The van der Waals surface area contributed by atoms with E-state index in [0.29, 0.717) is 6.42 Å². The van der Waals surface area contributed by atoms with Crippen LogP contribution in [-0.2, 0) is 9.84 Å². The lowest BCUT2D eigenvalue weighted by atomic mass is 9.94. The number of nitrogens with one attached hydrogen (secondary N) is 1. The summed E-state index contributed by atoms with van der Waals surface area (Å²) >= 11 is 0. The van der Waals surface area contributed by atoms with Crippen LogP contribution in [0, 0.1) is 11.8 Å². The average molecular weight is 259 g/mol. The van der Waals surface area contributed by atoms with Crippen molar-refractivity contribution in [1.29, 1.82) is 0 Å². The van der Waals surface area contributed by atoms with Crippen molar-refractivity contribution in [3.63, 3.8) is 0 Å². The summed E-state index contributed by atoms with van der Waals surface area (Å²) < 4.78 is 57.9. The Morgan fingerprint density at radius 1 is 1.44 bits per heavy atom. The molecule has 2 unspecified atom stereocenters. The zero-order valence-electron chi connectivity index (χ0n) is 9.05. The van der Waals surface area contributed by atoms with Gasteiger partial charge in [-0.3, -0.25) is 0 Å². The maximum Gasteiger partial charge on any atom is 0.401 e. The first-order valence-electron chi connectivity index (χ1n) is 5.17. The molecule has 7 heteroatoms. The van der Waals surface area contributed by atoms with Crippen molar-refractivity contribution in [3.8, 4) is 0 Å². The fourth-order valence-corrected chi connectivity index (χ4v) is 3.86. The maximum atomic E-state index is 11.8. The third kappa shape index (κ3) is 4.69. The van der Waals surface area contributed by atoms with E-state index >= 15 is 0 Å². The lowest BCUT2D eigenvalue weighted by Crippen LogP contribution is -2.34. The summed E-state index contributed by atoms with van der Waals surface area (Å²) in [7, 11) is -2.94. The van der Waals surface area contributed by atoms with E-state index in [0.717, 1.165) is 0 Å². The summed E-state index contributed by atoms with van der Waals surface area (Å²) in [4.78, 5) is 0. The molecule has 1 aliphatic heterocycles. The molecule has 0 aromatic carbocycles. The van der Waals surface area contributed by atoms with Gasteiger partial charge < -0.3 is 5.32 Å². The summed E-state index contributed by atoms with van der Waals surface area (Å²) in [6, 6.07) is 0. The van der Waals surface area contributed by atoms with E-state index < -0.39 is 22.6 Å². The van der Waals surface area contributed by atoms with Gasteiger partial charge in [0.2, 0.25) is 0 Å². The van der Waals surface area contributed by atoms with Crippen LogP contribution in [0.15, 0.2) is 0 Å². The number of alkyl halides is 3. The monoisotopic (exact) mass is 259 g/mol. The van der Waals surface area contributed by atoms with Crippen molar-refractivity contribution in [1.82, 2.24) is 5.32 Å². The van der Waals surface area contributed by atoms with Crippen LogP contribution in [0.2, 0.25) is 0 Å². The summed E-state index contributed by atoms with van der Waals surface area (Å²) in [5.74, 6) is 0.230. The number of sulfone groups is 1. The largest absolute Gasteiger partial charge is 0.401 e. The molecule has 1 aliphatic rings. The van der Waals surface area contributed by atoms with Crippen LogP contribution in [0.4, 0.5) is 13.2 Å². The standard InChI is InChI=1S/C9H16F3NO2S/c1-7(4-13-6-9(10,11)12)8-2-3-16(14,15)5-8/h7-8,13H,2-6H2,1H3. The molecule has 0 aliphatic carbocycles. The SMILES string of the molecule is CC(CNCC(F)(F)F)C1CCS(=O)(=O)C1. The van der Waals surface area contributed by atoms with E-state index in [1.54, 1.807) is 6.92 Å². The van der Waals surface area contributed by atoms with E-state index in [2.05, 4.69) is 5.32 Å². The number of rotatable bonds is 4. The van der Waals surface area contributed by atoms with Gasteiger partial charge >= 0.3 is 6.18 Å². The fourth-order valence-electron chi connectivity index (χ4n) is 1.88. The van der Waals surface area contributed by atoms with Crippen molar-refractivity contribution in [2.24, 2.45) is 11.8 Å². The van der Waals surface area contributed by atoms with Crippen LogP contribution in [0.3, 0.4) is 0 Å². The molecule has 1 fully saturated rings. The average Bonchev–Trinajstić information content (AvgIpc) is 2.43. The molecular weight excluding hydrogens is 243 g/mol. The van der Waals surface area contributed by atoms with Gasteiger partial charge in [-0.2, -0.15) is 13.2 Å². The third-order valence-electron chi connectivity index (χ3n) is 2.86. The summed E-state index contributed by atoms with van der Waals surface area (Å²) in [6.07, 6.45) is -3.64. The summed E-state index contributed by atoms with van der Waals surface area (Å²) in [5.41, 5.74) is 0. The molecule has 0 aromatic heterocycles. The first kappa shape index (κ1) is 13.8. The molecule has 0 spiro atoms. The highest BCUT2D eigenvalue weighted by atomic mass is 32.2. The van der Waals surface area contributed by atoms with Gasteiger partial charge in [0.15, 0.2) is 9.84 Å². The second-order valence-electron chi connectivity index (χ2n) is 4.39. The van der Waals surface area contributed by atoms with E-state index in [-0.39, 0.29) is 29.9 Å². The number of hydrogen-bond acceptors (Lipinski definition) is 3. The molecule has 1 N–H and O–H groups in total. The van der Waals surface area contributed by atoms with E-state index in [1.807, 2.05) is 0 Å². The van der Waals surface area contributed by atoms with Crippen molar-refractivity contribution < 1.29 is 21.6 Å². The molecule has 1 rings (SSSR count). The van der Waals surface area contributed by atoms with E-state index in [9.17, 15) is 21.6 Å². The second kappa shape index (κ2) is 4.91. The third-order valence-corrected chi connectivity index (χ3v) is 4.66.